The number of hydrogen-bond donors (Lipinski definition) is 1. The largest absolute Gasteiger partial charge is 0.493 e. The molecule has 25 heavy (non-hydrogen) atoms. The van der Waals surface area contributed by atoms with Crippen molar-refractivity contribution >= 4 is 35.0 Å². The van der Waals surface area contributed by atoms with Gasteiger partial charge in [-0.15, -0.1) is 0 Å². The van der Waals surface area contributed by atoms with Gasteiger partial charge in [-0.25, -0.2) is 0 Å². The van der Waals surface area contributed by atoms with E-state index in [0.717, 1.165) is 25.7 Å². The fraction of sp³-hybridized carbons (Fsp3) is 0.500. The molecular weight excluding hydrogens is 344 g/mol. The number of likely N-dealkylation sites (tertiary alicyclic amines) is 1. The molecule has 1 heterocycles. The normalized spacial score (nSPS) is 22.7. The Morgan fingerprint density at radius 2 is 1.88 bits per heavy atom. The summed E-state index contributed by atoms with van der Waals surface area (Å²) < 4.78 is 5.19. The van der Waals surface area contributed by atoms with Crippen molar-refractivity contribution in [2.75, 3.05) is 19.0 Å². The molecule has 0 aromatic heterocycles. The summed E-state index contributed by atoms with van der Waals surface area (Å²) >= 11 is 6.03. The van der Waals surface area contributed by atoms with E-state index in [4.69, 9.17) is 16.3 Å². The molecule has 0 radical (unpaired) electrons. The number of benzene rings is 1. The van der Waals surface area contributed by atoms with Gasteiger partial charge < -0.3 is 10.1 Å². The molecule has 0 spiro atoms. The first-order valence-corrected chi connectivity index (χ1v) is 8.88. The number of halogens is 1. The highest BCUT2D eigenvalue weighted by Gasteiger charge is 2.47. The number of rotatable bonds is 5. The third-order valence-electron chi connectivity index (χ3n) is 4.94. The van der Waals surface area contributed by atoms with Crippen LogP contribution in [0.3, 0.4) is 0 Å². The predicted molar refractivity (Wildman–Crippen MR) is 93.4 cm³/mol. The number of hydrogen-bond acceptors (Lipinski definition) is 4. The summed E-state index contributed by atoms with van der Waals surface area (Å²) in [6.07, 6.45) is 3.58. The highest BCUT2D eigenvalue weighted by Crippen LogP contribution is 2.38. The van der Waals surface area contributed by atoms with Crippen molar-refractivity contribution in [2.45, 2.75) is 32.1 Å². The van der Waals surface area contributed by atoms with E-state index in [2.05, 4.69) is 5.32 Å². The van der Waals surface area contributed by atoms with Crippen molar-refractivity contribution in [1.29, 1.82) is 0 Å². The summed E-state index contributed by atoms with van der Waals surface area (Å²) in [6, 6.07) is 5.06. The van der Waals surface area contributed by atoms with Crippen molar-refractivity contribution in [3.8, 4) is 5.75 Å². The van der Waals surface area contributed by atoms with E-state index in [9.17, 15) is 14.4 Å². The molecule has 1 aromatic carbocycles. The summed E-state index contributed by atoms with van der Waals surface area (Å²) in [6.45, 7) is 0.110. The average molecular weight is 365 g/mol. The molecule has 7 heteroatoms. The Labute approximate surface area is 151 Å². The first-order chi connectivity index (χ1) is 12.0. The van der Waals surface area contributed by atoms with Crippen LogP contribution in [0.4, 0.5) is 5.69 Å². The zero-order valence-corrected chi connectivity index (χ0v) is 14.8. The summed E-state index contributed by atoms with van der Waals surface area (Å²) in [4.78, 5) is 38.3. The maximum atomic E-state index is 12.4. The van der Waals surface area contributed by atoms with E-state index in [1.54, 1.807) is 18.2 Å². The van der Waals surface area contributed by atoms with Crippen LogP contribution in [0, 0.1) is 11.8 Å². The van der Waals surface area contributed by atoms with Gasteiger partial charge in [0.1, 0.15) is 0 Å². The molecule has 1 aromatic rings. The molecule has 1 saturated heterocycles. The highest BCUT2D eigenvalue weighted by molar-refractivity contribution is 6.32. The maximum absolute atomic E-state index is 12.4. The van der Waals surface area contributed by atoms with Crippen LogP contribution >= 0.6 is 11.6 Å². The number of methoxy groups -OCH3 is 1. The summed E-state index contributed by atoms with van der Waals surface area (Å²) in [5.74, 6) is -0.520. The summed E-state index contributed by atoms with van der Waals surface area (Å²) in [7, 11) is 1.47. The first kappa shape index (κ1) is 17.7. The SMILES string of the molecule is COc1c(Cl)cccc1NC(=O)CCN1C(=O)C2CCCCC2C1=O. The number of carbonyl (C=O) groups excluding carboxylic acids is 3. The van der Waals surface area contributed by atoms with Crippen LogP contribution in [-0.2, 0) is 14.4 Å². The lowest BCUT2D eigenvalue weighted by molar-refractivity contribution is -0.140. The Balaban J connectivity index is 1.60. The van der Waals surface area contributed by atoms with Crippen molar-refractivity contribution in [1.82, 2.24) is 4.90 Å². The third-order valence-corrected chi connectivity index (χ3v) is 5.24. The van der Waals surface area contributed by atoms with Gasteiger partial charge in [-0.3, -0.25) is 19.3 Å². The van der Waals surface area contributed by atoms with E-state index >= 15 is 0 Å². The Hall–Kier alpha value is -2.08. The molecule has 6 nitrogen and oxygen atoms in total. The van der Waals surface area contributed by atoms with Gasteiger partial charge in [-0.1, -0.05) is 30.5 Å². The minimum atomic E-state index is -0.295. The fourth-order valence-corrected chi connectivity index (χ4v) is 3.94. The maximum Gasteiger partial charge on any atom is 0.233 e. The third kappa shape index (κ3) is 3.49. The van der Waals surface area contributed by atoms with Gasteiger partial charge in [0, 0.05) is 13.0 Å². The molecule has 2 atom stereocenters. The minimum Gasteiger partial charge on any atom is -0.493 e. The number of nitrogens with one attached hydrogen (secondary N) is 1. The van der Waals surface area contributed by atoms with Crippen LogP contribution in [0.1, 0.15) is 32.1 Å². The predicted octanol–water partition coefficient (Wildman–Crippen LogP) is 2.85. The highest BCUT2D eigenvalue weighted by atomic mass is 35.5. The van der Waals surface area contributed by atoms with Crippen molar-refractivity contribution in [2.24, 2.45) is 11.8 Å². The molecule has 1 aliphatic heterocycles. The van der Waals surface area contributed by atoms with Crippen LogP contribution in [0.5, 0.6) is 5.75 Å². The first-order valence-electron chi connectivity index (χ1n) is 8.50. The number of carbonyl (C=O) groups is 3. The number of ether oxygens (including phenoxy) is 1. The van der Waals surface area contributed by atoms with Crippen LogP contribution in [0.2, 0.25) is 5.02 Å². The van der Waals surface area contributed by atoms with Crippen LogP contribution in [0.25, 0.3) is 0 Å². The van der Waals surface area contributed by atoms with Gasteiger partial charge >= 0.3 is 0 Å². The molecule has 1 N–H and O–H groups in total. The average Bonchev–Trinajstić information content (AvgIpc) is 2.85. The van der Waals surface area contributed by atoms with E-state index in [1.807, 2.05) is 0 Å². The van der Waals surface area contributed by atoms with Gasteiger partial charge in [0.05, 0.1) is 29.7 Å². The summed E-state index contributed by atoms with van der Waals surface area (Å²) in [5, 5.41) is 3.12. The second kappa shape index (κ2) is 7.44. The number of amides is 3. The second-order valence-corrected chi connectivity index (χ2v) is 6.85. The van der Waals surface area contributed by atoms with E-state index in [-0.39, 0.29) is 42.5 Å². The number of nitrogens with zero attached hydrogens (tertiary/aromatic N) is 1. The Bertz CT molecular complexity index is 682. The number of anilines is 1. The summed E-state index contributed by atoms with van der Waals surface area (Å²) in [5.41, 5.74) is 0.466. The van der Waals surface area contributed by atoms with Crippen LogP contribution < -0.4 is 10.1 Å². The standard InChI is InChI=1S/C18H21ClN2O4/c1-25-16-13(19)7-4-8-14(16)20-15(22)9-10-21-17(23)11-5-2-3-6-12(11)18(21)24/h4,7-8,11-12H,2-3,5-6,9-10H2,1H3,(H,20,22). The van der Waals surface area contributed by atoms with Crippen molar-refractivity contribution < 1.29 is 19.1 Å². The van der Waals surface area contributed by atoms with Crippen molar-refractivity contribution in [3.63, 3.8) is 0 Å². The fourth-order valence-electron chi connectivity index (χ4n) is 3.69. The van der Waals surface area contributed by atoms with Crippen LogP contribution in [0.15, 0.2) is 18.2 Å². The number of imide groups is 1. The van der Waals surface area contributed by atoms with E-state index < -0.39 is 0 Å². The number of para-hydroxylation sites is 1. The zero-order valence-electron chi connectivity index (χ0n) is 14.1. The molecule has 2 fully saturated rings. The van der Waals surface area contributed by atoms with E-state index in [0.29, 0.717) is 16.5 Å². The lowest BCUT2D eigenvalue weighted by Gasteiger charge is -2.19. The second-order valence-electron chi connectivity index (χ2n) is 6.44. The molecular formula is C18H21ClN2O4. The van der Waals surface area contributed by atoms with Gasteiger partial charge in [0.25, 0.3) is 0 Å². The zero-order chi connectivity index (χ0) is 18.0. The van der Waals surface area contributed by atoms with E-state index in [1.165, 1.54) is 12.0 Å². The molecule has 2 aliphatic rings. The molecule has 3 amide bonds. The Morgan fingerprint density at radius 1 is 1.24 bits per heavy atom. The Morgan fingerprint density at radius 3 is 2.48 bits per heavy atom. The smallest absolute Gasteiger partial charge is 0.233 e. The molecule has 1 saturated carbocycles. The molecule has 0 bridgehead atoms. The van der Waals surface area contributed by atoms with Crippen molar-refractivity contribution in [3.05, 3.63) is 23.2 Å². The molecule has 2 unspecified atom stereocenters. The molecule has 3 rings (SSSR count). The lowest BCUT2D eigenvalue weighted by Crippen LogP contribution is -2.34. The molecule has 134 valence electrons. The monoisotopic (exact) mass is 364 g/mol. The van der Waals surface area contributed by atoms with Gasteiger partial charge in [0.15, 0.2) is 5.75 Å². The lowest BCUT2D eigenvalue weighted by atomic mass is 9.81. The Kier molecular flexibility index (Phi) is 5.27. The quantitative estimate of drug-likeness (QED) is 0.815. The topological polar surface area (TPSA) is 75.7 Å². The van der Waals surface area contributed by atoms with Crippen LogP contribution in [-0.4, -0.2) is 36.3 Å². The van der Waals surface area contributed by atoms with Gasteiger partial charge in [-0.05, 0) is 25.0 Å². The van der Waals surface area contributed by atoms with Gasteiger partial charge in [0.2, 0.25) is 17.7 Å². The van der Waals surface area contributed by atoms with Gasteiger partial charge in [-0.2, -0.15) is 0 Å². The molecule has 1 aliphatic carbocycles. The number of fused-ring (bicyclic) bond motifs is 1. The minimum absolute atomic E-state index is 0.0482.